The first kappa shape index (κ1) is 14.9. The fraction of sp³-hybridized carbons (Fsp3) is 0.636. The van der Waals surface area contributed by atoms with Gasteiger partial charge in [-0.25, -0.2) is 10.8 Å². The third kappa shape index (κ3) is 4.59. The number of rotatable bonds is 6. The van der Waals surface area contributed by atoms with Gasteiger partial charge in [0.05, 0.1) is 17.7 Å². The average molecular weight is 271 g/mol. The number of hydrogen-bond acceptors (Lipinski definition) is 5. The van der Waals surface area contributed by atoms with Crippen LogP contribution in [0.5, 0.6) is 0 Å². The average Bonchev–Trinajstić information content (AvgIpc) is 2.75. The van der Waals surface area contributed by atoms with Gasteiger partial charge in [-0.15, -0.1) is 11.3 Å². The van der Waals surface area contributed by atoms with E-state index in [0.29, 0.717) is 19.1 Å². The van der Waals surface area contributed by atoms with Gasteiger partial charge in [-0.05, 0) is 13.3 Å². The van der Waals surface area contributed by atoms with Gasteiger partial charge < -0.3 is 9.64 Å². The summed E-state index contributed by atoms with van der Waals surface area (Å²) in [4.78, 5) is 11.8. The van der Waals surface area contributed by atoms with Crippen molar-refractivity contribution >= 4 is 17.3 Å². The number of aromatic nitrogens is 1. The lowest BCUT2D eigenvalue weighted by molar-refractivity contribution is 0.197. The van der Waals surface area contributed by atoms with E-state index in [1.54, 1.807) is 18.4 Å². The molecule has 6 nitrogen and oxygen atoms in total. The first-order valence-corrected chi connectivity index (χ1v) is 6.67. The van der Waals surface area contributed by atoms with Gasteiger partial charge in [0.25, 0.3) is 0 Å². The molecule has 102 valence electrons. The summed E-state index contributed by atoms with van der Waals surface area (Å²) in [6.45, 7) is 4.16. The lowest BCUT2D eigenvalue weighted by Gasteiger charge is -2.20. The minimum absolute atomic E-state index is 0.680. The monoisotopic (exact) mass is 271 g/mol. The number of nitrogens with two attached hydrogens (primary N) is 1. The van der Waals surface area contributed by atoms with Crippen molar-refractivity contribution < 1.29 is 4.74 Å². The summed E-state index contributed by atoms with van der Waals surface area (Å²) >= 11 is 1.64. The maximum Gasteiger partial charge on any atom is 0.208 e. The van der Waals surface area contributed by atoms with Gasteiger partial charge in [0.1, 0.15) is 0 Å². The highest BCUT2D eigenvalue weighted by molar-refractivity contribution is 7.09. The number of guanidine groups is 1. The number of aryl methyl sites for hydroxylation is 1. The standard InChI is InChI=1S/C11H21N5OS/c1-9-10(18-8-14-9)7-16(2)11(15-12)13-5-4-6-17-3/h8H,4-7,12H2,1-3H3,(H,13,15). The molecule has 0 fully saturated rings. The summed E-state index contributed by atoms with van der Waals surface area (Å²) in [5.41, 5.74) is 5.54. The normalized spacial score (nSPS) is 11.7. The molecule has 0 bridgehead atoms. The molecule has 1 aromatic heterocycles. The number of thiazole rings is 1. The zero-order valence-corrected chi connectivity index (χ0v) is 12.0. The van der Waals surface area contributed by atoms with Gasteiger partial charge in [0.15, 0.2) is 0 Å². The van der Waals surface area contributed by atoms with Gasteiger partial charge in [0.2, 0.25) is 5.96 Å². The second kappa shape index (κ2) is 8.02. The van der Waals surface area contributed by atoms with Crippen LogP contribution in [0.15, 0.2) is 10.5 Å². The first-order valence-electron chi connectivity index (χ1n) is 5.79. The van der Waals surface area contributed by atoms with Crippen LogP contribution in [0, 0.1) is 6.92 Å². The lowest BCUT2D eigenvalue weighted by Crippen LogP contribution is -2.42. The summed E-state index contributed by atoms with van der Waals surface area (Å²) < 4.78 is 4.98. The Balaban J connectivity index is 2.51. The maximum atomic E-state index is 5.49. The van der Waals surface area contributed by atoms with Crippen LogP contribution in [-0.2, 0) is 11.3 Å². The molecule has 0 radical (unpaired) electrons. The predicted molar refractivity (Wildman–Crippen MR) is 74.4 cm³/mol. The third-order valence-electron chi connectivity index (χ3n) is 2.48. The highest BCUT2D eigenvalue weighted by atomic mass is 32.1. The van der Waals surface area contributed by atoms with E-state index in [0.717, 1.165) is 18.7 Å². The van der Waals surface area contributed by atoms with Gasteiger partial charge in [-0.2, -0.15) is 0 Å². The molecule has 0 amide bonds. The Morgan fingerprint density at radius 3 is 3.00 bits per heavy atom. The molecule has 7 heteroatoms. The Labute approximate surface area is 112 Å². The molecule has 0 atom stereocenters. The molecule has 0 saturated heterocycles. The Morgan fingerprint density at radius 1 is 1.67 bits per heavy atom. The van der Waals surface area contributed by atoms with Crippen LogP contribution >= 0.6 is 11.3 Å². The summed E-state index contributed by atoms with van der Waals surface area (Å²) in [5, 5.41) is 0. The molecule has 0 unspecified atom stereocenters. The van der Waals surface area contributed by atoms with Crippen LogP contribution in [0.4, 0.5) is 0 Å². The van der Waals surface area contributed by atoms with Crippen LogP contribution in [0.25, 0.3) is 0 Å². The number of aliphatic imine (C=N–C) groups is 1. The van der Waals surface area contributed by atoms with E-state index >= 15 is 0 Å². The Kier molecular flexibility index (Phi) is 6.63. The van der Waals surface area contributed by atoms with Gasteiger partial charge in [0, 0.05) is 32.2 Å². The number of nitrogens with one attached hydrogen (secondary N) is 1. The van der Waals surface area contributed by atoms with Crippen molar-refractivity contribution in [3.63, 3.8) is 0 Å². The van der Waals surface area contributed by atoms with Gasteiger partial charge >= 0.3 is 0 Å². The van der Waals surface area contributed by atoms with Gasteiger partial charge in [-0.1, -0.05) is 0 Å². The number of ether oxygens (including phenoxy) is 1. The summed E-state index contributed by atoms with van der Waals surface area (Å²) in [6, 6.07) is 0. The molecule has 1 aromatic rings. The van der Waals surface area contributed by atoms with E-state index in [9.17, 15) is 0 Å². The molecule has 3 N–H and O–H groups in total. The van der Waals surface area contributed by atoms with E-state index in [-0.39, 0.29) is 0 Å². The number of hydrazine groups is 1. The van der Waals surface area contributed by atoms with Crippen molar-refractivity contribution in [2.45, 2.75) is 19.9 Å². The van der Waals surface area contributed by atoms with Crippen molar-refractivity contribution in [3.8, 4) is 0 Å². The maximum absolute atomic E-state index is 5.49. The number of hydrogen-bond donors (Lipinski definition) is 2. The smallest absolute Gasteiger partial charge is 0.208 e. The van der Waals surface area contributed by atoms with Crippen LogP contribution in [0.1, 0.15) is 17.0 Å². The van der Waals surface area contributed by atoms with Crippen molar-refractivity contribution in [2.75, 3.05) is 27.3 Å². The molecule has 1 rings (SSSR count). The minimum atomic E-state index is 0.680. The molecule has 18 heavy (non-hydrogen) atoms. The summed E-state index contributed by atoms with van der Waals surface area (Å²) in [6.07, 6.45) is 0.884. The molecule has 0 spiro atoms. The molecule has 0 saturated carbocycles. The van der Waals surface area contributed by atoms with Crippen LogP contribution in [0.2, 0.25) is 0 Å². The third-order valence-corrected chi connectivity index (χ3v) is 3.40. The van der Waals surface area contributed by atoms with Crippen molar-refractivity contribution in [1.29, 1.82) is 0 Å². The van der Waals surface area contributed by atoms with Crippen LogP contribution in [-0.4, -0.2) is 43.2 Å². The van der Waals surface area contributed by atoms with Crippen molar-refractivity contribution in [2.24, 2.45) is 10.8 Å². The first-order chi connectivity index (χ1) is 8.69. The zero-order valence-electron chi connectivity index (χ0n) is 11.1. The fourth-order valence-electron chi connectivity index (χ4n) is 1.44. The van der Waals surface area contributed by atoms with E-state index < -0.39 is 0 Å². The Morgan fingerprint density at radius 2 is 2.44 bits per heavy atom. The highest BCUT2D eigenvalue weighted by Gasteiger charge is 2.09. The molecule has 0 aliphatic rings. The fourth-order valence-corrected chi connectivity index (χ4v) is 2.27. The van der Waals surface area contributed by atoms with Gasteiger partial charge in [-0.3, -0.25) is 10.4 Å². The molecule has 0 aliphatic heterocycles. The van der Waals surface area contributed by atoms with Crippen molar-refractivity contribution in [3.05, 3.63) is 16.1 Å². The number of methoxy groups -OCH3 is 1. The van der Waals surface area contributed by atoms with E-state index in [1.807, 2.05) is 24.4 Å². The van der Waals surface area contributed by atoms with Crippen LogP contribution in [0.3, 0.4) is 0 Å². The molecule has 1 heterocycles. The molecular formula is C11H21N5OS. The Bertz CT molecular complexity index is 379. The van der Waals surface area contributed by atoms with Crippen LogP contribution < -0.4 is 11.3 Å². The summed E-state index contributed by atoms with van der Waals surface area (Å²) in [5.74, 6) is 6.17. The quantitative estimate of drug-likeness (QED) is 0.262. The predicted octanol–water partition coefficient (Wildman–Crippen LogP) is 0.739. The Hall–Kier alpha value is -1.18. The topological polar surface area (TPSA) is 75.8 Å². The lowest BCUT2D eigenvalue weighted by atomic mass is 10.4. The van der Waals surface area contributed by atoms with Crippen molar-refractivity contribution in [1.82, 2.24) is 15.3 Å². The van der Waals surface area contributed by atoms with E-state index in [4.69, 9.17) is 10.6 Å². The summed E-state index contributed by atoms with van der Waals surface area (Å²) in [7, 11) is 3.64. The highest BCUT2D eigenvalue weighted by Crippen LogP contribution is 2.13. The van der Waals surface area contributed by atoms with E-state index in [1.165, 1.54) is 4.88 Å². The molecular weight excluding hydrogens is 250 g/mol. The largest absolute Gasteiger partial charge is 0.385 e. The van der Waals surface area contributed by atoms with E-state index in [2.05, 4.69) is 15.4 Å². The molecule has 0 aromatic carbocycles. The molecule has 0 aliphatic carbocycles. The minimum Gasteiger partial charge on any atom is -0.385 e. The number of nitrogens with zero attached hydrogens (tertiary/aromatic N) is 3. The second-order valence-corrected chi connectivity index (χ2v) is 4.85. The zero-order chi connectivity index (χ0) is 13.4. The second-order valence-electron chi connectivity index (χ2n) is 3.91. The SMILES string of the molecule is COCCCN=C(NN)N(C)Cc1scnc1C.